The van der Waals surface area contributed by atoms with Crippen molar-refractivity contribution >= 4 is 17.2 Å². The van der Waals surface area contributed by atoms with Crippen LogP contribution in [0.4, 0.5) is 0 Å². The molecule has 1 fully saturated rings. The molecule has 0 aliphatic carbocycles. The fraction of sp³-hybridized carbons (Fsp3) is 0.500. The van der Waals surface area contributed by atoms with E-state index in [2.05, 4.69) is 43.1 Å². The molecule has 0 bridgehead atoms. The van der Waals surface area contributed by atoms with Crippen LogP contribution in [-0.4, -0.2) is 41.6 Å². The number of thiazole rings is 1. The molecule has 1 aliphatic rings. The molecule has 1 aromatic carbocycles. The van der Waals surface area contributed by atoms with E-state index in [1.54, 1.807) is 0 Å². The summed E-state index contributed by atoms with van der Waals surface area (Å²) in [5, 5.41) is 0.918. The summed E-state index contributed by atoms with van der Waals surface area (Å²) in [6, 6.07) is 8.45. The first-order valence-corrected chi connectivity index (χ1v) is 9.91. The summed E-state index contributed by atoms with van der Waals surface area (Å²) in [5.41, 5.74) is 3.21. The summed E-state index contributed by atoms with van der Waals surface area (Å²) < 4.78 is 5.79. The highest BCUT2D eigenvalue weighted by Crippen LogP contribution is 2.29. The quantitative estimate of drug-likeness (QED) is 0.817. The Morgan fingerprint density at radius 2 is 2.08 bits per heavy atom. The lowest BCUT2D eigenvalue weighted by atomic mass is 10.1. The maximum atomic E-state index is 13.0. The van der Waals surface area contributed by atoms with Gasteiger partial charge in [0.15, 0.2) is 0 Å². The van der Waals surface area contributed by atoms with Crippen molar-refractivity contribution in [1.82, 2.24) is 9.88 Å². The van der Waals surface area contributed by atoms with Crippen LogP contribution in [0.5, 0.6) is 0 Å². The predicted molar refractivity (Wildman–Crippen MR) is 102 cm³/mol. The van der Waals surface area contributed by atoms with E-state index in [1.807, 2.05) is 11.8 Å². The van der Waals surface area contributed by atoms with Crippen LogP contribution in [-0.2, 0) is 11.2 Å². The van der Waals surface area contributed by atoms with E-state index in [1.165, 1.54) is 16.9 Å². The molecule has 1 atom stereocenters. The van der Waals surface area contributed by atoms with Gasteiger partial charge in [-0.1, -0.05) is 38.1 Å². The van der Waals surface area contributed by atoms with E-state index in [-0.39, 0.29) is 12.0 Å². The minimum absolute atomic E-state index is 0.0929. The standard InChI is InChI=1S/C20H26N2O2S/c1-4-15-7-9-16(10-8-15)19-21-14(3)18(25-19)20(23)22-11-6-12-24-17(5-2)13-22/h7-10,17H,4-6,11-13H2,1-3H3. The molecule has 0 radical (unpaired) electrons. The molecular weight excluding hydrogens is 332 g/mol. The monoisotopic (exact) mass is 358 g/mol. The second kappa shape index (κ2) is 8.11. The molecular formula is C20H26N2O2S. The molecule has 1 aliphatic heterocycles. The summed E-state index contributed by atoms with van der Waals surface area (Å²) in [6.07, 6.45) is 2.99. The van der Waals surface area contributed by atoms with Gasteiger partial charge in [-0.2, -0.15) is 0 Å². The van der Waals surface area contributed by atoms with Crippen molar-refractivity contribution in [1.29, 1.82) is 0 Å². The van der Waals surface area contributed by atoms with Gasteiger partial charge >= 0.3 is 0 Å². The van der Waals surface area contributed by atoms with Gasteiger partial charge in [0.25, 0.3) is 5.91 Å². The average molecular weight is 359 g/mol. The number of carbonyl (C=O) groups excluding carboxylic acids is 1. The average Bonchev–Trinajstić information content (AvgIpc) is 2.88. The van der Waals surface area contributed by atoms with Crippen molar-refractivity contribution in [2.45, 2.75) is 46.1 Å². The Kier molecular flexibility index (Phi) is 5.86. The molecule has 0 saturated carbocycles. The molecule has 3 rings (SSSR count). The van der Waals surface area contributed by atoms with Gasteiger partial charge in [0.05, 0.1) is 11.8 Å². The largest absolute Gasteiger partial charge is 0.376 e. The summed E-state index contributed by atoms with van der Waals surface area (Å²) in [4.78, 5) is 20.4. The van der Waals surface area contributed by atoms with E-state index in [0.29, 0.717) is 6.54 Å². The van der Waals surface area contributed by atoms with E-state index >= 15 is 0 Å². The Labute approximate surface area is 153 Å². The molecule has 2 heterocycles. The Morgan fingerprint density at radius 3 is 2.76 bits per heavy atom. The molecule has 0 N–H and O–H groups in total. The van der Waals surface area contributed by atoms with Crippen molar-refractivity contribution in [3.05, 3.63) is 40.4 Å². The van der Waals surface area contributed by atoms with Gasteiger partial charge in [0, 0.05) is 25.3 Å². The van der Waals surface area contributed by atoms with Crippen LogP contribution in [0.15, 0.2) is 24.3 Å². The minimum atomic E-state index is 0.0929. The smallest absolute Gasteiger partial charge is 0.265 e. The van der Waals surface area contributed by atoms with Crippen LogP contribution >= 0.6 is 11.3 Å². The molecule has 1 saturated heterocycles. The highest BCUT2D eigenvalue weighted by molar-refractivity contribution is 7.17. The number of hydrogen-bond donors (Lipinski definition) is 0. The number of aryl methyl sites for hydroxylation is 2. The lowest BCUT2D eigenvalue weighted by molar-refractivity contribution is 0.0461. The van der Waals surface area contributed by atoms with E-state index in [0.717, 1.165) is 53.6 Å². The second-order valence-electron chi connectivity index (χ2n) is 6.49. The third-order valence-electron chi connectivity index (χ3n) is 4.69. The normalized spacial score (nSPS) is 18.2. The van der Waals surface area contributed by atoms with Crippen LogP contribution < -0.4 is 0 Å². The lowest BCUT2D eigenvalue weighted by Crippen LogP contribution is -2.36. The first-order chi connectivity index (χ1) is 12.1. The lowest BCUT2D eigenvalue weighted by Gasteiger charge is -2.22. The molecule has 1 amide bonds. The topological polar surface area (TPSA) is 42.4 Å². The SMILES string of the molecule is CCc1ccc(-c2nc(C)c(C(=O)N3CCCOC(CC)C3)s2)cc1. The van der Waals surface area contributed by atoms with Crippen LogP contribution in [0.25, 0.3) is 10.6 Å². The zero-order valence-electron chi connectivity index (χ0n) is 15.2. The van der Waals surface area contributed by atoms with Gasteiger partial charge in [-0.05, 0) is 31.7 Å². The summed E-state index contributed by atoms with van der Waals surface area (Å²) in [6.45, 7) is 8.35. The van der Waals surface area contributed by atoms with Crippen LogP contribution in [0.1, 0.15) is 47.6 Å². The molecule has 1 unspecified atom stereocenters. The van der Waals surface area contributed by atoms with Crippen LogP contribution in [0.3, 0.4) is 0 Å². The number of rotatable bonds is 4. The first-order valence-electron chi connectivity index (χ1n) is 9.10. The van der Waals surface area contributed by atoms with Gasteiger partial charge in [0.1, 0.15) is 9.88 Å². The van der Waals surface area contributed by atoms with Gasteiger partial charge in [-0.25, -0.2) is 4.98 Å². The number of nitrogens with zero attached hydrogens (tertiary/aromatic N) is 2. The van der Waals surface area contributed by atoms with Crippen molar-refractivity contribution in [2.24, 2.45) is 0 Å². The highest BCUT2D eigenvalue weighted by atomic mass is 32.1. The summed E-state index contributed by atoms with van der Waals surface area (Å²) in [5.74, 6) is 0.0929. The number of amides is 1. The number of aromatic nitrogens is 1. The number of hydrogen-bond acceptors (Lipinski definition) is 4. The van der Waals surface area contributed by atoms with Gasteiger partial charge in [-0.15, -0.1) is 11.3 Å². The van der Waals surface area contributed by atoms with Crippen molar-refractivity contribution in [2.75, 3.05) is 19.7 Å². The molecule has 25 heavy (non-hydrogen) atoms. The fourth-order valence-electron chi connectivity index (χ4n) is 3.07. The molecule has 2 aromatic rings. The van der Waals surface area contributed by atoms with E-state index in [4.69, 9.17) is 4.74 Å². The van der Waals surface area contributed by atoms with Crippen molar-refractivity contribution in [3.8, 4) is 10.6 Å². The zero-order chi connectivity index (χ0) is 17.8. The third-order valence-corrected chi connectivity index (χ3v) is 5.89. The summed E-state index contributed by atoms with van der Waals surface area (Å²) >= 11 is 1.50. The van der Waals surface area contributed by atoms with Crippen LogP contribution in [0.2, 0.25) is 0 Å². The minimum Gasteiger partial charge on any atom is -0.376 e. The Morgan fingerprint density at radius 1 is 1.32 bits per heavy atom. The summed E-state index contributed by atoms with van der Waals surface area (Å²) in [7, 11) is 0. The predicted octanol–water partition coefficient (Wildman–Crippen LogP) is 4.32. The molecule has 1 aromatic heterocycles. The number of carbonyl (C=O) groups is 1. The Balaban J connectivity index is 1.82. The molecule has 5 heteroatoms. The highest BCUT2D eigenvalue weighted by Gasteiger charge is 2.25. The van der Waals surface area contributed by atoms with Gasteiger partial charge in [0.2, 0.25) is 0 Å². The first kappa shape index (κ1) is 18.1. The third kappa shape index (κ3) is 4.10. The molecule has 134 valence electrons. The molecule has 0 spiro atoms. The Hall–Kier alpha value is -1.72. The van der Waals surface area contributed by atoms with Gasteiger partial charge < -0.3 is 9.64 Å². The van der Waals surface area contributed by atoms with E-state index in [9.17, 15) is 4.79 Å². The van der Waals surface area contributed by atoms with Crippen molar-refractivity contribution < 1.29 is 9.53 Å². The molecule has 4 nitrogen and oxygen atoms in total. The maximum absolute atomic E-state index is 13.0. The number of ether oxygens (including phenoxy) is 1. The fourth-order valence-corrected chi connectivity index (χ4v) is 4.11. The van der Waals surface area contributed by atoms with Crippen molar-refractivity contribution in [3.63, 3.8) is 0 Å². The van der Waals surface area contributed by atoms with Gasteiger partial charge in [-0.3, -0.25) is 4.79 Å². The maximum Gasteiger partial charge on any atom is 0.265 e. The zero-order valence-corrected chi connectivity index (χ0v) is 16.1. The van der Waals surface area contributed by atoms with Crippen LogP contribution in [0, 0.1) is 6.92 Å². The second-order valence-corrected chi connectivity index (χ2v) is 7.49. The number of benzene rings is 1. The Bertz CT molecular complexity index is 724. The van der Waals surface area contributed by atoms with E-state index < -0.39 is 0 Å².